The lowest BCUT2D eigenvalue weighted by molar-refractivity contribution is 0.375. The zero-order valence-electron chi connectivity index (χ0n) is 12.1. The zero-order valence-corrected chi connectivity index (χ0v) is 12.9. The molecule has 5 nitrogen and oxygen atoms in total. The second-order valence-corrected chi connectivity index (χ2v) is 7.42. The quantitative estimate of drug-likeness (QED) is 0.938. The number of aromatic nitrogens is 1. The minimum absolute atomic E-state index is 0.0985. The van der Waals surface area contributed by atoms with Crippen LogP contribution in [-0.2, 0) is 22.2 Å². The summed E-state index contributed by atoms with van der Waals surface area (Å²) in [7, 11) is -3.59. The molecule has 1 N–H and O–H groups in total. The molecule has 7 heteroatoms. The maximum absolute atomic E-state index is 13.9. The van der Waals surface area contributed by atoms with Gasteiger partial charge in [0.1, 0.15) is 17.8 Å². The summed E-state index contributed by atoms with van der Waals surface area (Å²) in [5.41, 5.74) is 1.67. The second kappa shape index (κ2) is 5.81. The van der Waals surface area contributed by atoms with E-state index >= 15 is 0 Å². The predicted molar refractivity (Wildman–Crippen MR) is 78.9 cm³/mol. The Balaban J connectivity index is 1.87. The van der Waals surface area contributed by atoms with Gasteiger partial charge in [-0.3, -0.25) is 0 Å². The fourth-order valence-corrected chi connectivity index (χ4v) is 4.26. The number of nitrogens with one attached hydrogen (secondary N) is 1. The van der Waals surface area contributed by atoms with Gasteiger partial charge in [-0.15, -0.1) is 0 Å². The molecule has 0 bridgehead atoms. The smallest absolute Gasteiger partial charge is 0.218 e. The van der Waals surface area contributed by atoms with Gasteiger partial charge in [0.15, 0.2) is 0 Å². The maximum Gasteiger partial charge on any atom is 0.218 e. The van der Waals surface area contributed by atoms with E-state index in [2.05, 4.69) is 14.4 Å². The molecular weight excluding hydrogens is 307 g/mol. The Morgan fingerprint density at radius 1 is 1.41 bits per heavy atom. The molecule has 0 saturated heterocycles. The van der Waals surface area contributed by atoms with Crippen molar-refractivity contribution < 1.29 is 17.3 Å². The van der Waals surface area contributed by atoms with E-state index in [9.17, 15) is 12.8 Å². The van der Waals surface area contributed by atoms with E-state index < -0.39 is 16.1 Å². The van der Waals surface area contributed by atoms with E-state index in [1.807, 2.05) is 6.92 Å². The van der Waals surface area contributed by atoms with E-state index in [1.54, 1.807) is 12.1 Å². The predicted octanol–water partition coefficient (Wildman–Crippen LogP) is 2.56. The number of halogens is 1. The monoisotopic (exact) mass is 324 g/mol. The van der Waals surface area contributed by atoms with Gasteiger partial charge in [0.25, 0.3) is 0 Å². The van der Waals surface area contributed by atoms with E-state index in [4.69, 9.17) is 0 Å². The van der Waals surface area contributed by atoms with Crippen molar-refractivity contribution in [1.29, 1.82) is 0 Å². The summed E-state index contributed by atoms with van der Waals surface area (Å²) >= 11 is 0. The molecule has 0 amide bonds. The van der Waals surface area contributed by atoms with Gasteiger partial charge in [0.05, 0.1) is 5.69 Å². The Morgan fingerprint density at radius 3 is 2.95 bits per heavy atom. The van der Waals surface area contributed by atoms with Gasteiger partial charge in [-0.1, -0.05) is 24.2 Å². The van der Waals surface area contributed by atoms with E-state index in [0.717, 1.165) is 12.0 Å². The third-order valence-corrected chi connectivity index (χ3v) is 5.33. The van der Waals surface area contributed by atoms with Gasteiger partial charge in [0.2, 0.25) is 10.0 Å². The molecule has 0 spiro atoms. The molecule has 1 aliphatic carbocycles. The summed E-state index contributed by atoms with van der Waals surface area (Å²) in [6.07, 6.45) is 2.70. The molecule has 2 aromatic rings. The molecule has 1 aromatic carbocycles. The van der Waals surface area contributed by atoms with Crippen LogP contribution in [0, 0.1) is 11.7 Å². The van der Waals surface area contributed by atoms with Crippen molar-refractivity contribution in [3.05, 3.63) is 53.2 Å². The second-order valence-electron chi connectivity index (χ2n) is 5.67. The fraction of sp³-hybridized carbons (Fsp3) is 0.400. The Hall–Kier alpha value is -1.73. The average Bonchev–Trinajstić information content (AvgIpc) is 2.94. The van der Waals surface area contributed by atoms with Crippen molar-refractivity contribution in [2.45, 2.75) is 31.6 Å². The summed E-state index contributed by atoms with van der Waals surface area (Å²) in [5.74, 6) is -0.427. The minimum atomic E-state index is -3.59. The van der Waals surface area contributed by atoms with Crippen LogP contribution in [0.25, 0.3) is 0 Å². The lowest BCUT2D eigenvalue weighted by atomic mass is 9.81. The molecule has 0 saturated carbocycles. The zero-order chi connectivity index (χ0) is 15.7. The van der Waals surface area contributed by atoms with Crippen LogP contribution in [0.15, 0.2) is 35.1 Å². The van der Waals surface area contributed by atoms with Gasteiger partial charge < -0.3 is 4.52 Å². The number of fused-ring (bicyclic) bond motifs is 1. The van der Waals surface area contributed by atoms with Gasteiger partial charge in [-0.05, 0) is 36.0 Å². The van der Waals surface area contributed by atoms with Crippen LogP contribution in [-0.4, -0.2) is 13.6 Å². The van der Waals surface area contributed by atoms with E-state index in [0.29, 0.717) is 17.7 Å². The first kappa shape index (κ1) is 15.2. The molecule has 2 atom stereocenters. The molecule has 118 valence electrons. The molecule has 1 aromatic heterocycles. The first-order valence-electron chi connectivity index (χ1n) is 7.13. The van der Waals surface area contributed by atoms with Crippen molar-refractivity contribution in [1.82, 2.24) is 9.88 Å². The third-order valence-electron chi connectivity index (χ3n) is 4.04. The summed E-state index contributed by atoms with van der Waals surface area (Å²) in [4.78, 5) is 0. The normalized spacial score (nSPS) is 21.5. The number of rotatable bonds is 4. The number of benzene rings is 1. The molecule has 3 rings (SSSR count). The number of nitrogens with zero attached hydrogens (tertiary/aromatic N) is 1. The molecule has 0 radical (unpaired) electrons. The Morgan fingerprint density at radius 2 is 2.23 bits per heavy atom. The van der Waals surface area contributed by atoms with Crippen molar-refractivity contribution in [3.63, 3.8) is 0 Å². The van der Waals surface area contributed by atoms with Crippen LogP contribution in [0.4, 0.5) is 4.39 Å². The molecule has 1 aliphatic rings. The van der Waals surface area contributed by atoms with Crippen molar-refractivity contribution in [2.24, 2.45) is 5.92 Å². The maximum atomic E-state index is 13.9. The first-order chi connectivity index (χ1) is 10.5. The van der Waals surface area contributed by atoms with Crippen LogP contribution >= 0.6 is 0 Å². The molecule has 0 fully saturated rings. The van der Waals surface area contributed by atoms with Gasteiger partial charge in [-0.25, -0.2) is 17.5 Å². The number of sulfonamides is 1. The molecule has 22 heavy (non-hydrogen) atoms. The highest BCUT2D eigenvalue weighted by Gasteiger charge is 2.31. The van der Waals surface area contributed by atoms with Crippen LogP contribution in [0.2, 0.25) is 0 Å². The van der Waals surface area contributed by atoms with E-state index in [1.165, 1.54) is 18.4 Å². The highest BCUT2D eigenvalue weighted by Crippen LogP contribution is 2.36. The Kier molecular flexibility index (Phi) is 4.01. The van der Waals surface area contributed by atoms with E-state index in [-0.39, 0.29) is 17.5 Å². The molecule has 0 unspecified atom stereocenters. The van der Waals surface area contributed by atoms with Crippen molar-refractivity contribution in [3.8, 4) is 0 Å². The number of hydrogen-bond acceptors (Lipinski definition) is 4. The highest BCUT2D eigenvalue weighted by molar-refractivity contribution is 7.88. The minimum Gasteiger partial charge on any atom is -0.364 e. The SMILES string of the molecule is C[C@@H]1CCc2c(F)cccc2[C@@H]1NS(=O)(=O)Cc1ccon1. The van der Waals surface area contributed by atoms with Crippen LogP contribution in [0.5, 0.6) is 0 Å². The Labute approximate surface area is 128 Å². The van der Waals surface area contributed by atoms with Crippen molar-refractivity contribution in [2.75, 3.05) is 0 Å². The lowest BCUT2D eigenvalue weighted by Gasteiger charge is -2.32. The topological polar surface area (TPSA) is 72.2 Å². The standard InChI is InChI=1S/C15H17FN2O3S/c1-10-5-6-12-13(3-2-4-14(12)16)15(10)18-22(19,20)9-11-7-8-21-17-11/h2-4,7-8,10,15,18H,5-6,9H2,1H3/t10-,15-/m1/s1. The molecular formula is C15H17FN2O3S. The lowest BCUT2D eigenvalue weighted by Crippen LogP contribution is -2.36. The summed E-state index contributed by atoms with van der Waals surface area (Å²) in [6.45, 7) is 1.97. The number of hydrogen-bond donors (Lipinski definition) is 1. The largest absolute Gasteiger partial charge is 0.364 e. The van der Waals surface area contributed by atoms with Gasteiger partial charge in [-0.2, -0.15) is 0 Å². The van der Waals surface area contributed by atoms with Crippen LogP contribution in [0.3, 0.4) is 0 Å². The first-order valence-corrected chi connectivity index (χ1v) is 8.78. The fourth-order valence-electron chi connectivity index (χ4n) is 2.90. The Bertz CT molecular complexity index is 759. The molecule has 0 aliphatic heterocycles. The third kappa shape index (κ3) is 3.05. The van der Waals surface area contributed by atoms with Crippen LogP contribution < -0.4 is 4.72 Å². The summed E-state index contributed by atoms with van der Waals surface area (Å²) in [6, 6.07) is 5.91. The van der Waals surface area contributed by atoms with Gasteiger partial charge >= 0.3 is 0 Å². The van der Waals surface area contributed by atoms with Crippen LogP contribution in [0.1, 0.15) is 36.2 Å². The summed E-state index contributed by atoms with van der Waals surface area (Å²) < 4.78 is 45.9. The van der Waals surface area contributed by atoms with Crippen molar-refractivity contribution >= 4 is 10.0 Å². The van der Waals surface area contributed by atoms with Gasteiger partial charge in [0, 0.05) is 12.1 Å². The molecule has 1 heterocycles. The highest BCUT2D eigenvalue weighted by atomic mass is 32.2. The average molecular weight is 324 g/mol. The summed E-state index contributed by atoms with van der Waals surface area (Å²) in [5, 5.41) is 3.62.